The van der Waals surface area contributed by atoms with Gasteiger partial charge in [-0.1, -0.05) is 29.3 Å². The molecule has 0 fully saturated rings. The van der Waals surface area contributed by atoms with Crippen LogP contribution in [-0.2, 0) is 16.2 Å². The van der Waals surface area contributed by atoms with Crippen LogP contribution in [0.25, 0.3) is 10.9 Å². The summed E-state index contributed by atoms with van der Waals surface area (Å²) < 4.78 is 1.53. The Morgan fingerprint density at radius 2 is 1.46 bits per heavy atom. The van der Waals surface area contributed by atoms with Crippen molar-refractivity contribution in [2.24, 2.45) is 0 Å². The summed E-state index contributed by atoms with van der Waals surface area (Å²) in [7, 11) is 0. The van der Waals surface area contributed by atoms with Crippen LogP contribution in [0.1, 0.15) is 20.7 Å². The maximum absolute atomic E-state index is 12.3. The summed E-state index contributed by atoms with van der Waals surface area (Å²) in [6.45, 7) is -0.256. The van der Waals surface area contributed by atoms with Gasteiger partial charge in [-0.25, -0.2) is 4.79 Å². The number of carbonyl (C=O) groups excluding carboxylic acids is 3. The van der Waals surface area contributed by atoms with Crippen molar-refractivity contribution >= 4 is 28.7 Å². The summed E-state index contributed by atoms with van der Waals surface area (Å²) in [5, 5.41) is 0.932. The van der Waals surface area contributed by atoms with Crippen molar-refractivity contribution in [3.8, 4) is 0 Å². The highest BCUT2D eigenvalue weighted by molar-refractivity contribution is 6.20. The minimum Gasteiger partial charge on any atom is -0.336 e. The lowest BCUT2D eigenvalue weighted by molar-refractivity contribution is -0.169. The van der Waals surface area contributed by atoms with Crippen molar-refractivity contribution in [2.45, 2.75) is 6.54 Å². The standard InChI is InChI=1S/C19H12N2O5/c22-16-9-10-20(15-8-4-3-7-14(15)16)11-17(23)26-21-18(24)12-5-1-2-6-13(12)19(21)25/h1-10H,11H2. The molecule has 0 saturated carbocycles. The number of amides is 2. The number of rotatable bonds is 3. The highest BCUT2D eigenvalue weighted by atomic mass is 16.7. The van der Waals surface area contributed by atoms with Gasteiger partial charge in [-0.05, 0) is 24.3 Å². The van der Waals surface area contributed by atoms with Crippen molar-refractivity contribution in [3.05, 3.63) is 82.1 Å². The molecule has 0 spiro atoms. The van der Waals surface area contributed by atoms with Crippen LogP contribution >= 0.6 is 0 Å². The van der Waals surface area contributed by atoms with Gasteiger partial charge in [-0.3, -0.25) is 14.4 Å². The van der Waals surface area contributed by atoms with Crippen molar-refractivity contribution in [1.29, 1.82) is 0 Å². The van der Waals surface area contributed by atoms with Gasteiger partial charge in [0.15, 0.2) is 5.43 Å². The molecule has 7 nitrogen and oxygen atoms in total. The molecular formula is C19H12N2O5. The summed E-state index contributed by atoms with van der Waals surface area (Å²) in [6.07, 6.45) is 1.47. The van der Waals surface area contributed by atoms with Crippen molar-refractivity contribution < 1.29 is 19.2 Å². The molecule has 2 amide bonds. The molecule has 2 aromatic carbocycles. The number of nitrogens with zero attached hydrogens (tertiary/aromatic N) is 2. The van der Waals surface area contributed by atoms with Gasteiger partial charge in [0, 0.05) is 17.6 Å². The normalized spacial score (nSPS) is 13.2. The van der Waals surface area contributed by atoms with E-state index < -0.39 is 17.8 Å². The van der Waals surface area contributed by atoms with Crippen LogP contribution in [0.15, 0.2) is 65.6 Å². The zero-order chi connectivity index (χ0) is 18.3. The molecule has 2 heterocycles. The average Bonchev–Trinajstić information content (AvgIpc) is 2.90. The molecule has 0 unspecified atom stereocenters. The molecule has 26 heavy (non-hydrogen) atoms. The molecule has 128 valence electrons. The molecule has 0 bridgehead atoms. The molecule has 0 saturated heterocycles. The molecule has 0 atom stereocenters. The first-order valence-corrected chi connectivity index (χ1v) is 7.83. The first-order valence-electron chi connectivity index (χ1n) is 7.83. The lowest BCUT2D eigenvalue weighted by Crippen LogP contribution is -2.34. The van der Waals surface area contributed by atoms with E-state index in [2.05, 4.69) is 0 Å². The second-order valence-electron chi connectivity index (χ2n) is 5.74. The Morgan fingerprint density at radius 3 is 2.15 bits per heavy atom. The monoisotopic (exact) mass is 348 g/mol. The molecule has 1 aliphatic heterocycles. The number of benzene rings is 2. The Morgan fingerprint density at radius 1 is 0.846 bits per heavy atom. The fourth-order valence-electron chi connectivity index (χ4n) is 2.92. The van der Waals surface area contributed by atoms with Crippen LogP contribution < -0.4 is 5.43 Å². The van der Waals surface area contributed by atoms with E-state index in [1.165, 1.54) is 29.0 Å². The molecule has 1 aromatic heterocycles. The summed E-state index contributed by atoms with van der Waals surface area (Å²) in [5.41, 5.74) is 0.781. The summed E-state index contributed by atoms with van der Waals surface area (Å²) in [6, 6.07) is 14.4. The van der Waals surface area contributed by atoms with E-state index in [1.807, 2.05) is 0 Å². The number of carbonyl (C=O) groups is 3. The van der Waals surface area contributed by atoms with Crippen LogP contribution in [-0.4, -0.2) is 27.4 Å². The van der Waals surface area contributed by atoms with Crippen LogP contribution in [0.5, 0.6) is 0 Å². The number of para-hydroxylation sites is 1. The Labute approximate surface area is 147 Å². The Balaban J connectivity index is 1.58. The third-order valence-electron chi connectivity index (χ3n) is 4.13. The van der Waals surface area contributed by atoms with Gasteiger partial charge in [-0.15, -0.1) is 0 Å². The molecule has 4 rings (SSSR count). The Kier molecular flexibility index (Phi) is 3.62. The third kappa shape index (κ3) is 2.46. The van der Waals surface area contributed by atoms with E-state index in [1.54, 1.807) is 36.4 Å². The highest BCUT2D eigenvalue weighted by Crippen LogP contribution is 2.22. The fraction of sp³-hybridized carbons (Fsp3) is 0.0526. The van der Waals surface area contributed by atoms with E-state index in [4.69, 9.17) is 4.84 Å². The first kappa shape index (κ1) is 15.8. The number of fused-ring (bicyclic) bond motifs is 2. The van der Waals surface area contributed by atoms with Gasteiger partial charge >= 0.3 is 5.97 Å². The summed E-state index contributed by atoms with van der Waals surface area (Å²) in [5.74, 6) is -2.15. The van der Waals surface area contributed by atoms with E-state index in [-0.39, 0.29) is 23.1 Å². The van der Waals surface area contributed by atoms with E-state index in [0.717, 1.165) is 0 Å². The van der Waals surface area contributed by atoms with Gasteiger partial charge in [0.05, 0.1) is 16.6 Å². The number of hydrogen-bond acceptors (Lipinski definition) is 5. The smallest absolute Gasteiger partial charge is 0.336 e. The van der Waals surface area contributed by atoms with Crippen LogP contribution in [0.4, 0.5) is 0 Å². The predicted octanol–water partition coefficient (Wildman–Crippen LogP) is 1.76. The second kappa shape index (κ2) is 5.96. The SMILES string of the molecule is O=C(Cn1ccc(=O)c2ccccc21)ON1C(=O)c2ccccc2C1=O. The van der Waals surface area contributed by atoms with Gasteiger partial charge in [0.2, 0.25) is 0 Å². The molecule has 7 heteroatoms. The third-order valence-corrected chi connectivity index (χ3v) is 4.13. The van der Waals surface area contributed by atoms with Crippen molar-refractivity contribution in [3.63, 3.8) is 0 Å². The van der Waals surface area contributed by atoms with E-state index in [0.29, 0.717) is 16.0 Å². The lowest BCUT2D eigenvalue weighted by Gasteiger charge is -2.14. The number of hydrogen-bond donors (Lipinski definition) is 0. The molecular weight excluding hydrogens is 336 g/mol. The van der Waals surface area contributed by atoms with Gasteiger partial charge in [0.25, 0.3) is 11.8 Å². The number of imide groups is 1. The number of aromatic nitrogens is 1. The number of pyridine rings is 1. The van der Waals surface area contributed by atoms with Crippen LogP contribution in [0.2, 0.25) is 0 Å². The maximum Gasteiger partial charge on any atom is 0.352 e. The molecule has 3 aromatic rings. The van der Waals surface area contributed by atoms with Gasteiger partial charge < -0.3 is 9.40 Å². The second-order valence-corrected chi connectivity index (χ2v) is 5.74. The largest absolute Gasteiger partial charge is 0.352 e. The highest BCUT2D eigenvalue weighted by Gasteiger charge is 2.38. The zero-order valence-corrected chi connectivity index (χ0v) is 13.4. The Hall–Kier alpha value is -3.74. The fourth-order valence-corrected chi connectivity index (χ4v) is 2.92. The minimum absolute atomic E-state index is 0.162. The summed E-state index contributed by atoms with van der Waals surface area (Å²) in [4.78, 5) is 53.6. The van der Waals surface area contributed by atoms with E-state index >= 15 is 0 Å². The predicted molar refractivity (Wildman–Crippen MR) is 91.2 cm³/mol. The van der Waals surface area contributed by atoms with E-state index in [9.17, 15) is 19.2 Å². The molecule has 1 aliphatic rings. The Bertz CT molecular complexity index is 1100. The van der Waals surface area contributed by atoms with Crippen molar-refractivity contribution in [1.82, 2.24) is 9.63 Å². The van der Waals surface area contributed by atoms with Gasteiger partial charge in [-0.2, -0.15) is 0 Å². The van der Waals surface area contributed by atoms with Crippen LogP contribution in [0, 0.1) is 0 Å². The van der Waals surface area contributed by atoms with Crippen molar-refractivity contribution in [2.75, 3.05) is 0 Å². The van der Waals surface area contributed by atoms with Gasteiger partial charge in [0.1, 0.15) is 6.54 Å². The lowest BCUT2D eigenvalue weighted by atomic mass is 10.1. The topological polar surface area (TPSA) is 85.7 Å². The minimum atomic E-state index is -0.798. The number of hydroxylamine groups is 2. The maximum atomic E-state index is 12.3. The zero-order valence-electron chi connectivity index (χ0n) is 13.4. The summed E-state index contributed by atoms with van der Waals surface area (Å²) >= 11 is 0. The molecule has 0 N–H and O–H groups in total. The average molecular weight is 348 g/mol. The first-order chi connectivity index (χ1) is 12.6. The quantitative estimate of drug-likeness (QED) is 0.673. The molecule has 0 radical (unpaired) electrons. The molecule has 0 aliphatic carbocycles. The van der Waals surface area contributed by atoms with Crippen LogP contribution in [0.3, 0.4) is 0 Å².